The fourth-order valence-corrected chi connectivity index (χ4v) is 2.08. The van der Waals surface area contributed by atoms with Crippen molar-refractivity contribution in [2.75, 3.05) is 0 Å². The number of halogens is 2. The van der Waals surface area contributed by atoms with Crippen molar-refractivity contribution in [1.29, 1.82) is 0 Å². The second-order valence-electron chi connectivity index (χ2n) is 4.45. The Morgan fingerprint density at radius 1 is 1.19 bits per heavy atom. The van der Waals surface area contributed by atoms with Crippen molar-refractivity contribution in [3.63, 3.8) is 0 Å². The van der Waals surface area contributed by atoms with E-state index in [4.69, 9.17) is 16.1 Å². The quantitative estimate of drug-likeness (QED) is 0.799. The van der Waals surface area contributed by atoms with Crippen LogP contribution in [0.2, 0.25) is 5.02 Å². The van der Waals surface area contributed by atoms with Gasteiger partial charge < -0.3 is 9.63 Å². The molecule has 1 aromatic heterocycles. The van der Waals surface area contributed by atoms with Crippen molar-refractivity contribution in [2.24, 2.45) is 0 Å². The van der Waals surface area contributed by atoms with Crippen LogP contribution in [0, 0.1) is 5.82 Å². The highest BCUT2D eigenvalue weighted by Gasteiger charge is 2.12. The minimum atomic E-state index is -0.502. The molecule has 0 saturated carbocycles. The topological polar surface area (TPSA) is 59.2 Å². The zero-order valence-electron chi connectivity index (χ0n) is 10.8. The van der Waals surface area contributed by atoms with Gasteiger partial charge in [-0.1, -0.05) is 35.0 Å². The first kappa shape index (κ1) is 13.6. The summed E-state index contributed by atoms with van der Waals surface area (Å²) >= 11 is 5.73. The summed E-state index contributed by atoms with van der Waals surface area (Å²) in [5.41, 5.74) is 1.25. The Kier molecular flexibility index (Phi) is 3.58. The van der Waals surface area contributed by atoms with Gasteiger partial charge in [0.25, 0.3) is 0 Å². The van der Waals surface area contributed by atoms with Crippen LogP contribution in [-0.2, 0) is 6.42 Å². The van der Waals surface area contributed by atoms with E-state index in [0.29, 0.717) is 29.3 Å². The molecule has 0 fully saturated rings. The number of benzene rings is 2. The second kappa shape index (κ2) is 5.54. The largest absolute Gasteiger partial charge is 0.508 e. The first-order valence-electron chi connectivity index (χ1n) is 6.18. The second-order valence-corrected chi connectivity index (χ2v) is 4.85. The summed E-state index contributed by atoms with van der Waals surface area (Å²) in [6.45, 7) is 0. The number of aromatic nitrogens is 2. The van der Waals surface area contributed by atoms with Gasteiger partial charge in [0.05, 0.1) is 11.4 Å². The van der Waals surface area contributed by atoms with Crippen molar-refractivity contribution in [2.45, 2.75) is 6.42 Å². The molecular formula is C15H10ClFN2O2. The van der Waals surface area contributed by atoms with Gasteiger partial charge >= 0.3 is 0 Å². The molecule has 4 nitrogen and oxygen atoms in total. The molecule has 3 aromatic rings. The van der Waals surface area contributed by atoms with Gasteiger partial charge in [-0.2, -0.15) is 4.98 Å². The maximum Gasteiger partial charge on any atom is 0.231 e. The fourth-order valence-electron chi connectivity index (χ4n) is 1.90. The molecule has 0 aliphatic carbocycles. The molecule has 0 radical (unpaired) electrons. The average Bonchev–Trinajstić information content (AvgIpc) is 2.93. The predicted molar refractivity (Wildman–Crippen MR) is 75.6 cm³/mol. The van der Waals surface area contributed by atoms with E-state index in [9.17, 15) is 9.50 Å². The maximum absolute atomic E-state index is 13.1. The van der Waals surface area contributed by atoms with Gasteiger partial charge in [-0.05, 0) is 24.3 Å². The lowest BCUT2D eigenvalue weighted by molar-refractivity contribution is 0.383. The lowest BCUT2D eigenvalue weighted by Crippen LogP contribution is -1.89. The summed E-state index contributed by atoms with van der Waals surface area (Å²) < 4.78 is 18.3. The average molecular weight is 305 g/mol. The van der Waals surface area contributed by atoms with Crippen LogP contribution >= 0.6 is 11.6 Å². The summed E-state index contributed by atoms with van der Waals surface area (Å²) in [7, 11) is 0. The van der Waals surface area contributed by atoms with Crippen LogP contribution in [-0.4, -0.2) is 15.2 Å². The van der Waals surface area contributed by atoms with Crippen molar-refractivity contribution >= 4 is 11.6 Å². The first-order chi connectivity index (χ1) is 10.1. The number of aromatic hydroxyl groups is 1. The number of nitrogens with zero attached hydrogens (tertiary/aromatic N) is 2. The van der Waals surface area contributed by atoms with E-state index in [2.05, 4.69) is 10.1 Å². The van der Waals surface area contributed by atoms with Gasteiger partial charge in [0.1, 0.15) is 11.6 Å². The lowest BCUT2D eigenvalue weighted by Gasteiger charge is -1.99. The van der Waals surface area contributed by atoms with Crippen LogP contribution in [0.5, 0.6) is 5.75 Å². The Bertz CT molecular complexity index is 789. The Labute approximate surface area is 124 Å². The van der Waals surface area contributed by atoms with E-state index in [1.165, 1.54) is 18.2 Å². The molecule has 0 unspecified atom stereocenters. The van der Waals surface area contributed by atoms with Crippen LogP contribution in [0.15, 0.2) is 47.0 Å². The van der Waals surface area contributed by atoms with Crippen molar-refractivity contribution < 1.29 is 14.0 Å². The van der Waals surface area contributed by atoms with Crippen molar-refractivity contribution in [3.05, 3.63) is 64.8 Å². The zero-order valence-corrected chi connectivity index (χ0v) is 11.5. The number of hydrogen-bond acceptors (Lipinski definition) is 4. The SMILES string of the molecule is Oc1ccccc1Cc1nc(-c2ccc(F)c(Cl)c2)no1. The number of para-hydroxylation sites is 1. The molecule has 0 bridgehead atoms. The molecular weight excluding hydrogens is 295 g/mol. The lowest BCUT2D eigenvalue weighted by atomic mass is 10.1. The van der Waals surface area contributed by atoms with Gasteiger partial charge in [-0.15, -0.1) is 0 Å². The third-order valence-corrected chi connectivity index (χ3v) is 3.27. The van der Waals surface area contributed by atoms with E-state index in [1.54, 1.807) is 18.2 Å². The molecule has 106 valence electrons. The van der Waals surface area contributed by atoms with Gasteiger partial charge in [-0.25, -0.2) is 4.39 Å². The minimum Gasteiger partial charge on any atom is -0.508 e. The fraction of sp³-hybridized carbons (Fsp3) is 0.0667. The highest BCUT2D eigenvalue weighted by molar-refractivity contribution is 6.31. The van der Waals surface area contributed by atoms with Gasteiger partial charge in [0, 0.05) is 11.1 Å². The van der Waals surface area contributed by atoms with Gasteiger partial charge in [0.2, 0.25) is 11.7 Å². The van der Waals surface area contributed by atoms with E-state index in [1.807, 2.05) is 6.07 Å². The Balaban J connectivity index is 1.86. The summed E-state index contributed by atoms with van der Waals surface area (Å²) in [4.78, 5) is 4.22. The molecule has 1 N–H and O–H groups in total. The molecule has 0 aliphatic rings. The summed E-state index contributed by atoms with van der Waals surface area (Å²) in [5.74, 6) is 0.342. The Morgan fingerprint density at radius 2 is 2.00 bits per heavy atom. The van der Waals surface area contributed by atoms with Crippen LogP contribution in [0.4, 0.5) is 4.39 Å². The van der Waals surface area contributed by atoms with Crippen molar-refractivity contribution in [1.82, 2.24) is 10.1 Å². The maximum atomic E-state index is 13.1. The molecule has 0 spiro atoms. The van der Waals surface area contributed by atoms with Gasteiger partial charge in [0.15, 0.2) is 0 Å². The van der Waals surface area contributed by atoms with E-state index < -0.39 is 5.82 Å². The van der Waals surface area contributed by atoms with Crippen LogP contribution < -0.4 is 0 Å². The third-order valence-electron chi connectivity index (χ3n) is 2.98. The molecule has 2 aromatic carbocycles. The minimum absolute atomic E-state index is 0.000413. The normalized spacial score (nSPS) is 10.8. The number of phenols is 1. The Hall–Kier alpha value is -2.40. The molecule has 0 saturated heterocycles. The highest BCUT2D eigenvalue weighted by Crippen LogP contribution is 2.24. The number of hydrogen-bond donors (Lipinski definition) is 1. The van der Waals surface area contributed by atoms with Crippen LogP contribution in [0.1, 0.15) is 11.5 Å². The zero-order chi connectivity index (χ0) is 14.8. The molecule has 0 aliphatic heterocycles. The molecule has 6 heteroatoms. The highest BCUT2D eigenvalue weighted by atomic mass is 35.5. The monoisotopic (exact) mass is 304 g/mol. The van der Waals surface area contributed by atoms with Crippen LogP contribution in [0.3, 0.4) is 0 Å². The standard InChI is InChI=1S/C15H10ClFN2O2/c16-11-7-10(5-6-12(11)17)15-18-14(21-19-15)8-9-3-1-2-4-13(9)20/h1-7,20H,8H2. The molecule has 1 heterocycles. The molecule has 0 atom stereocenters. The Morgan fingerprint density at radius 3 is 2.76 bits per heavy atom. The van der Waals surface area contributed by atoms with E-state index >= 15 is 0 Å². The third kappa shape index (κ3) is 2.87. The smallest absolute Gasteiger partial charge is 0.231 e. The molecule has 21 heavy (non-hydrogen) atoms. The first-order valence-corrected chi connectivity index (χ1v) is 6.56. The molecule has 0 amide bonds. The number of phenolic OH excluding ortho intramolecular Hbond substituents is 1. The molecule has 3 rings (SSSR count). The summed E-state index contributed by atoms with van der Waals surface area (Å²) in [6, 6.07) is 11.1. The van der Waals surface area contributed by atoms with E-state index in [0.717, 1.165) is 0 Å². The van der Waals surface area contributed by atoms with Crippen LogP contribution in [0.25, 0.3) is 11.4 Å². The van der Waals surface area contributed by atoms with E-state index in [-0.39, 0.29) is 10.8 Å². The van der Waals surface area contributed by atoms with Gasteiger partial charge in [-0.3, -0.25) is 0 Å². The summed E-state index contributed by atoms with van der Waals surface area (Å²) in [5, 5.41) is 13.5. The number of rotatable bonds is 3. The summed E-state index contributed by atoms with van der Waals surface area (Å²) in [6.07, 6.45) is 0.314. The van der Waals surface area contributed by atoms with Crippen molar-refractivity contribution in [3.8, 4) is 17.1 Å². The predicted octanol–water partition coefficient (Wildman–Crippen LogP) is 3.83.